The molecule has 316 valence electrons. The van der Waals surface area contributed by atoms with Gasteiger partial charge in [0.15, 0.2) is 10.8 Å². The number of benzene rings is 4. The average molecular weight is 973 g/mol. The van der Waals surface area contributed by atoms with Gasteiger partial charge in [-0.3, -0.25) is 14.5 Å². The number of esters is 1. The van der Waals surface area contributed by atoms with Crippen molar-refractivity contribution >= 4 is 51.7 Å². The third kappa shape index (κ3) is 8.90. The van der Waals surface area contributed by atoms with Gasteiger partial charge in [-0.2, -0.15) is 9.48 Å². The number of hydroxylamine groups is 3. The van der Waals surface area contributed by atoms with Gasteiger partial charge in [0.25, 0.3) is 11.8 Å². The summed E-state index contributed by atoms with van der Waals surface area (Å²) in [6, 6.07) is 36.6. The summed E-state index contributed by atoms with van der Waals surface area (Å²) in [5.74, 6) is -0.639. The van der Waals surface area contributed by atoms with Crippen LogP contribution < -0.4 is 39.3 Å². The van der Waals surface area contributed by atoms with Crippen LogP contribution in [0.4, 0.5) is 5.13 Å². The number of thioether (sulfide) groups is 1. The van der Waals surface area contributed by atoms with Crippen molar-refractivity contribution in [3.63, 3.8) is 0 Å². The van der Waals surface area contributed by atoms with Crippen molar-refractivity contribution in [1.82, 2.24) is 15.2 Å². The maximum atomic E-state index is 14.1. The van der Waals surface area contributed by atoms with Gasteiger partial charge in [-0.25, -0.2) is 9.78 Å². The number of anilines is 1. The maximum Gasteiger partial charge on any atom is 0.355 e. The minimum absolute atomic E-state index is 0. The van der Waals surface area contributed by atoms with Crippen molar-refractivity contribution < 1.29 is 62.2 Å². The fourth-order valence-electron chi connectivity index (χ4n) is 7.82. The third-order valence-corrected chi connectivity index (χ3v) is 12.9. The Morgan fingerprint density at radius 3 is 2.07 bits per heavy atom. The Labute approximate surface area is 379 Å². The van der Waals surface area contributed by atoms with E-state index in [9.17, 15) is 14.4 Å². The number of halogens is 1. The number of amides is 2. The Morgan fingerprint density at radius 1 is 0.918 bits per heavy atom. The van der Waals surface area contributed by atoms with Gasteiger partial charge in [0, 0.05) is 23.1 Å². The number of methoxy groups -OCH3 is 1. The molecule has 5 aromatic rings. The van der Waals surface area contributed by atoms with E-state index in [4.69, 9.17) is 24.1 Å². The van der Waals surface area contributed by atoms with Gasteiger partial charge in [0.2, 0.25) is 0 Å². The van der Waals surface area contributed by atoms with Crippen LogP contribution in [0, 0.1) is 0 Å². The minimum Gasteiger partial charge on any atom is -1.00 e. The highest BCUT2D eigenvalue weighted by Crippen LogP contribution is 2.44. The van der Waals surface area contributed by atoms with E-state index in [-0.39, 0.29) is 53.8 Å². The van der Waals surface area contributed by atoms with Crippen molar-refractivity contribution in [2.45, 2.75) is 36.1 Å². The Morgan fingerprint density at radius 2 is 1.52 bits per heavy atom. The molecule has 8 rings (SSSR count). The molecule has 13 nitrogen and oxygen atoms in total. The highest BCUT2D eigenvalue weighted by Gasteiger charge is 2.56. The van der Waals surface area contributed by atoms with E-state index in [2.05, 4.69) is 52.2 Å². The molecule has 61 heavy (non-hydrogen) atoms. The monoisotopic (exact) mass is 972 g/mol. The number of aromatic nitrogens is 1. The molecule has 1 aromatic heterocycles. The van der Waals surface area contributed by atoms with Crippen LogP contribution in [0.2, 0.25) is 0 Å². The van der Waals surface area contributed by atoms with Crippen LogP contribution in [0.1, 0.15) is 34.4 Å². The average Bonchev–Trinajstić information content (AvgIpc) is 3.91. The molecule has 0 bridgehead atoms. The Kier molecular flexibility index (Phi) is 13.5. The molecule has 2 saturated heterocycles. The van der Waals surface area contributed by atoms with Crippen LogP contribution in [-0.2, 0) is 40.9 Å². The molecular weight excluding hydrogens is 928 g/mol. The summed E-state index contributed by atoms with van der Waals surface area (Å²) >= 11 is 2.77. The van der Waals surface area contributed by atoms with Crippen LogP contribution in [0.15, 0.2) is 137 Å². The number of hydrogen-bond donors (Lipinski definition) is 2. The lowest BCUT2D eigenvalue weighted by Crippen LogP contribution is -3.00. The van der Waals surface area contributed by atoms with Crippen molar-refractivity contribution in [2.75, 3.05) is 45.9 Å². The standard InChI is InChI=1S/C45H44N6O7S2.HI/c1-51(2)25-24-36(58-51)34-27-59-42-38(41(53)50(42)39(34)43(54)57-26-29-20-22-33(55-3)23-21-29)47-40(52)37(49-56-4)35-28-60-44(46-35)48-45(30-14-8-5-9-15-30,31-16-10-6-11-17-31)32-18-12-7-13-19-32;/h5-23,28,36,38,42H,24-27H2,1-4H3,(H-,46,47,48,52);1H/b49-37-;/t36-,38?,42?;/m0./s1. The van der Waals surface area contributed by atoms with Crippen LogP contribution in [0.25, 0.3) is 0 Å². The number of quaternary nitrogens is 1. The maximum absolute atomic E-state index is 14.1. The number of rotatable bonds is 14. The first kappa shape index (κ1) is 43.8. The fraction of sp³-hybridized carbons (Fsp3) is 0.267. The van der Waals surface area contributed by atoms with Crippen molar-refractivity contribution in [3.8, 4) is 5.75 Å². The van der Waals surface area contributed by atoms with Gasteiger partial charge in [-0.1, -0.05) is 108 Å². The van der Waals surface area contributed by atoms with Crippen LogP contribution in [0.3, 0.4) is 0 Å². The van der Waals surface area contributed by atoms with E-state index in [1.807, 2.05) is 80.8 Å². The summed E-state index contributed by atoms with van der Waals surface area (Å²) in [6.07, 6.45) is 0.297. The molecule has 2 fully saturated rings. The van der Waals surface area contributed by atoms with Gasteiger partial charge >= 0.3 is 5.97 Å². The summed E-state index contributed by atoms with van der Waals surface area (Å²) in [6.45, 7) is 0.738. The molecule has 2 amide bonds. The number of carbonyl (C=O) groups excluding carboxylic acids is 3. The molecule has 0 spiro atoms. The summed E-state index contributed by atoms with van der Waals surface area (Å²) in [7, 11) is 6.83. The summed E-state index contributed by atoms with van der Waals surface area (Å²) in [5, 5.41) is 12.4. The Balaban J connectivity index is 0.00000561. The normalized spacial score (nSPS) is 19.5. The molecule has 2 unspecified atom stereocenters. The zero-order valence-electron chi connectivity index (χ0n) is 33.9. The molecule has 0 radical (unpaired) electrons. The van der Waals surface area contributed by atoms with Crippen LogP contribution in [0.5, 0.6) is 5.75 Å². The molecule has 2 N–H and O–H groups in total. The Hall–Kier alpha value is -5.27. The second-order valence-electron chi connectivity index (χ2n) is 15.0. The first-order valence-electron chi connectivity index (χ1n) is 19.4. The van der Waals surface area contributed by atoms with E-state index in [1.165, 1.54) is 35.1 Å². The number of thiazole rings is 1. The highest BCUT2D eigenvalue weighted by atomic mass is 127. The first-order chi connectivity index (χ1) is 29.1. The lowest BCUT2D eigenvalue weighted by atomic mass is 9.77. The molecule has 3 atom stereocenters. The topological polar surface area (TPSA) is 141 Å². The number of ether oxygens (including phenoxy) is 2. The van der Waals surface area contributed by atoms with E-state index >= 15 is 0 Å². The molecule has 3 aliphatic heterocycles. The number of β-lactam (4-membered cyclic amide) rings is 1. The highest BCUT2D eigenvalue weighted by molar-refractivity contribution is 8.00. The number of fused-ring (bicyclic) bond motifs is 1. The van der Waals surface area contributed by atoms with Gasteiger partial charge < -0.3 is 48.9 Å². The largest absolute Gasteiger partial charge is 1.00 e. The van der Waals surface area contributed by atoms with Gasteiger partial charge in [-0.05, 0) is 34.4 Å². The molecule has 0 saturated carbocycles. The van der Waals surface area contributed by atoms with E-state index in [0.29, 0.717) is 33.3 Å². The molecule has 0 aliphatic carbocycles. The number of nitrogens with one attached hydrogen (secondary N) is 2. The number of hydrogen-bond acceptors (Lipinski definition) is 12. The molecular formula is C45H45IN6O7S2. The predicted molar refractivity (Wildman–Crippen MR) is 230 cm³/mol. The molecule has 3 aliphatic rings. The summed E-state index contributed by atoms with van der Waals surface area (Å²) in [5.41, 5.74) is 3.89. The zero-order chi connectivity index (χ0) is 41.9. The lowest BCUT2D eigenvalue weighted by Gasteiger charge is -2.50. The molecule has 4 heterocycles. The van der Waals surface area contributed by atoms with Crippen molar-refractivity contribution in [2.24, 2.45) is 5.16 Å². The number of nitrogens with zero attached hydrogens (tertiary/aromatic N) is 4. The molecule has 4 aromatic carbocycles. The van der Waals surface area contributed by atoms with Crippen molar-refractivity contribution in [3.05, 3.63) is 160 Å². The van der Waals surface area contributed by atoms with E-state index in [0.717, 1.165) is 28.8 Å². The summed E-state index contributed by atoms with van der Waals surface area (Å²) in [4.78, 5) is 59.8. The second-order valence-corrected chi connectivity index (χ2v) is 16.9. The van der Waals surface area contributed by atoms with Crippen LogP contribution in [-0.4, -0.2) is 96.2 Å². The van der Waals surface area contributed by atoms with Crippen molar-refractivity contribution in [1.29, 1.82) is 0 Å². The fourth-order valence-corrected chi connectivity index (χ4v) is 9.98. The number of oxime groups is 1. The molecule has 16 heteroatoms. The second kappa shape index (κ2) is 18.8. The minimum atomic E-state index is -0.953. The SMILES string of the molecule is CO/N=C(\C(=O)NC1C(=O)N2C(C(=O)OCc3ccc(OC)cc3)=C([C@@H]3CC[N+](C)(C)O3)CSC12)c1csc(NC(c2ccccc2)(c2ccccc2)c2ccccc2)n1.[I-]. The van der Waals surface area contributed by atoms with E-state index < -0.39 is 34.7 Å². The predicted octanol–water partition coefficient (Wildman–Crippen LogP) is 3.09. The van der Waals surface area contributed by atoms with Gasteiger partial charge in [0.1, 0.15) is 60.5 Å². The number of carbonyl (C=O) groups is 3. The summed E-state index contributed by atoms with van der Waals surface area (Å²) < 4.78 is 11.4. The first-order valence-corrected chi connectivity index (χ1v) is 21.4. The van der Waals surface area contributed by atoms with Gasteiger partial charge in [-0.15, -0.1) is 23.1 Å². The Bertz CT molecular complexity index is 2320. The quantitative estimate of drug-likeness (QED) is 0.0325. The van der Waals surface area contributed by atoms with Gasteiger partial charge in [0.05, 0.1) is 21.2 Å². The lowest BCUT2D eigenvalue weighted by molar-refractivity contribution is -1.06. The smallest absolute Gasteiger partial charge is 0.355 e. The zero-order valence-corrected chi connectivity index (χ0v) is 37.7. The third-order valence-electron chi connectivity index (χ3n) is 10.8. The van der Waals surface area contributed by atoms with E-state index in [1.54, 1.807) is 24.6 Å². The van der Waals surface area contributed by atoms with Crippen LogP contribution >= 0.6 is 23.1 Å².